The number of rotatable bonds is 60. The van der Waals surface area contributed by atoms with Gasteiger partial charge in [-0.1, -0.05) is 274 Å². The second-order valence-electron chi connectivity index (χ2n) is 23.1. The van der Waals surface area contributed by atoms with Crippen LogP contribution in [0.5, 0.6) is 0 Å². The van der Waals surface area contributed by atoms with Crippen molar-refractivity contribution >= 4 is 19.8 Å². The molecule has 0 rings (SSSR count). The Morgan fingerprint density at radius 1 is 0.360 bits per heavy atom. The lowest BCUT2D eigenvalue weighted by Gasteiger charge is -2.24. The molecule has 1 N–H and O–H groups in total. The molecule has 0 fully saturated rings. The molecule has 86 heavy (non-hydrogen) atoms. The summed E-state index contributed by atoms with van der Waals surface area (Å²) in [6, 6.07) is 0. The van der Waals surface area contributed by atoms with Gasteiger partial charge in [0.2, 0.25) is 0 Å². The fraction of sp³-hybridized carbons (Fsp3) is 0.605. The van der Waals surface area contributed by atoms with Crippen LogP contribution in [0.2, 0.25) is 0 Å². The van der Waals surface area contributed by atoms with E-state index in [0.717, 1.165) is 148 Å². The lowest BCUT2D eigenvalue weighted by molar-refractivity contribution is -0.870. The summed E-state index contributed by atoms with van der Waals surface area (Å²) >= 11 is 0. The topological polar surface area (TPSA) is 108 Å². The van der Waals surface area contributed by atoms with Crippen molar-refractivity contribution in [1.82, 2.24) is 0 Å². The van der Waals surface area contributed by atoms with Gasteiger partial charge in [0, 0.05) is 12.8 Å². The number of phosphoric acid groups is 1. The van der Waals surface area contributed by atoms with Gasteiger partial charge < -0.3 is 18.9 Å². The van der Waals surface area contributed by atoms with Crippen LogP contribution in [0.4, 0.5) is 0 Å². The van der Waals surface area contributed by atoms with Crippen molar-refractivity contribution in [2.75, 3.05) is 47.5 Å². The van der Waals surface area contributed by atoms with Crippen molar-refractivity contribution in [1.29, 1.82) is 0 Å². The minimum absolute atomic E-state index is 0.0202. The molecule has 0 saturated carbocycles. The lowest BCUT2D eigenvalue weighted by Crippen LogP contribution is -2.37. The number of ether oxygens (including phenoxy) is 2. The second kappa shape index (κ2) is 64.8. The summed E-state index contributed by atoms with van der Waals surface area (Å²) in [5, 5.41) is 0. The Hall–Kier alpha value is -4.63. The summed E-state index contributed by atoms with van der Waals surface area (Å²) in [5.41, 5.74) is 0. The molecule has 0 radical (unpaired) electrons. The van der Waals surface area contributed by atoms with E-state index in [4.69, 9.17) is 18.5 Å². The number of hydrogen-bond donors (Lipinski definition) is 1. The zero-order valence-electron chi connectivity index (χ0n) is 55.2. The maximum absolute atomic E-state index is 12.9. The van der Waals surface area contributed by atoms with E-state index < -0.39 is 26.5 Å². The molecule has 10 heteroatoms. The van der Waals surface area contributed by atoms with E-state index in [-0.39, 0.29) is 32.0 Å². The Bertz CT molecular complexity index is 2060. The largest absolute Gasteiger partial charge is 0.472 e. The number of hydrogen-bond acceptors (Lipinski definition) is 7. The normalized spacial score (nSPS) is 14.3. The third-order valence-electron chi connectivity index (χ3n) is 13.7. The smallest absolute Gasteiger partial charge is 0.462 e. The maximum Gasteiger partial charge on any atom is 0.472 e. The number of likely N-dealkylation sites (N-methyl/N-ethyl adjacent to an activating group) is 1. The second-order valence-corrected chi connectivity index (χ2v) is 24.5. The van der Waals surface area contributed by atoms with Crippen molar-refractivity contribution < 1.29 is 42.1 Å². The monoisotopic (exact) mass is 1210 g/mol. The number of unbranched alkanes of at least 4 members (excludes halogenated alkanes) is 18. The van der Waals surface area contributed by atoms with Crippen LogP contribution in [0.3, 0.4) is 0 Å². The highest BCUT2D eigenvalue weighted by atomic mass is 31.2. The third-order valence-corrected chi connectivity index (χ3v) is 14.7. The maximum atomic E-state index is 12.9. The zero-order chi connectivity index (χ0) is 62.6. The van der Waals surface area contributed by atoms with Crippen LogP contribution in [-0.4, -0.2) is 74.9 Å². The Morgan fingerprint density at radius 2 is 0.628 bits per heavy atom. The van der Waals surface area contributed by atoms with Gasteiger partial charge in [-0.2, -0.15) is 0 Å². The van der Waals surface area contributed by atoms with Gasteiger partial charge >= 0.3 is 19.8 Å². The van der Waals surface area contributed by atoms with E-state index >= 15 is 0 Å². The lowest BCUT2D eigenvalue weighted by atomic mass is 10.0. The first-order valence-corrected chi connectivity index (χ1v) is 35.4. The molecule has 0 spiro atoms. The standard InChI is InChI=1S/C76H124NO8P/c1-6-8-10-12-14-16-18-20-22-24-26-28-30-32-34-35-36-37-38-39-40-41-43-45-47-49-51-53-55-57-59-61-63-65-67-69-76(79)85-74(73-84-86(80,81)83-71-70-77(3,4)5)72-82-75(78)68-66-64-62-60-58-56-54-52-50-48-46-44-42-33-31-29-27-25-23-21-19-17-15-13-11-9-7-2/h8-11,14-17,20-23,26-29,32-34,36-37,39-40,42-43,45-46,48,74H,6-7,12-13,18-19,24-25,30-31,35,38,41,44,47,49-73H2,1-5H3/p+1/b10-8-,11-9-,16-14-,17-15-,22-20-,23-21-,28-26-,29-27-,34-32-,37-36-,40-39-,42-33-,45-43-,48-46-. The van der Waals surface area contributed by atoms with Crippen molar-refractivity contribution in [2.45, 2.75) is 251 Å². The molecule has 0 aliphatic carbocycles. The van der Waals surface area contributed by atoms with E-state index in [1.165, 1.54) is 64.2 Å². The summed E-state index contributed by atoms with van der Waals surface area (Å²) in [4.78, 5) is 35.9. The summed E-state index contributed by atoms with van der Waals surface area (Å²) in [6.07, 6.45) is 98.6. The number of quaternary nitrogens is 1. The molecule has 0 aliphatic rings. The zero-order valence-corrected chi connectivity index (χ0v) is 56.1. The number of nitrogens with zero attached hydrogens (tertiary/aromatic N) is 1. The number of phosphoric ester groups is 1. The van der Waals surface area contributed by atoms with Crippen molar-refractivity contribution in [3.8, 4) is 0 Å². The van der Waals surface area contributed by atoms with Gasteiger partial charge in [-0.3, -0.25) is 18.6 Å². The van der Waals surface area contributed by atoms with E-state index in [0.29, 0.717) is 17.4 Å². The molecule has 0 amide bonds. The molecule has 0 saturated heterocycles. The van der Waals surface area contributed by atoms with Crippen molar-refractivity contribution in [3.05, 3.63) is 170 Å². The van der Waals surface area contributed by atoms with Gasteiger partial charge in [0.1, 0.15) is 19.8 Å². The highest BCUT2D eigenvalue weighted by Gasteiger charge is 2.27. The Balaban J connectivity index is 4.16. The van der Waals surface area contributed by atoms with Crippen molar-refractivity contribution in [2.24, 2.45) is 0 Å². The first-order valence-electron chi connectivity index (χ1n) is 33.9. The molecule has 9 nitrogen and oxygen atoms in total. The van der Waals surface area contributed by atoms with Gasteiger partial charge in [0.25, 0.3) is 0 Å². The van der Waals surface area contributed by atoms with Gasteiger partial charge in [0.15, 0.2) is 6.10 Å². The molecule has 0 aromatic carbocycles. The molecule has 0 aromatic rings. The van der Waals surface area contributed by atoms with E-state index in [1.54, 1.807) is 0 Å². The highest BCUT2D eigenvalue weighted by molar-refractivity contribution is 7.47. The van der Waals surface area contributed by atoms with Crippen LogP contribution in [0.15, 0.2) is 170 Å². The summed E-state index contributed by atoms with van der Waals surface area (Å²) < 4.78 is 34.7. The molecule has 2 unspecified atom stereocenters. The Labute approximate surface area is 528 Å². The van der Waals surface area contributed by atoms with Crippen molar-refractivity contribution in [3.63, 3.8) is 0 Å². The fourth-order valence-electron chi connectivity index (χ4n) is 8.62. The van der Waals surface area contributed by atoms with E-state index in [1.807, 2.05) is 21.1 Å². The number of esters is 2. The Morgan fingerprint density at radius 3 is 0.930 bits per heavy atom. The quantitative estimate of drug-likeness (QED) is 0.0211. The van der Waals surface area contributed by atoms with Crippen LogP contribution < -0.4 is 0 Å². The molecule has 0 aromatic heterocycles. The number of allylic oxidation sites excluding steroid dienone is 28. The number of carbonyl (C=O) groups excluding carboxylic acids is 2. The van der Waals surface area contributed by atoms with E-state index in [9.17, 15) is 19.0 Å². The highest BCUT2D eigenvalue weighted by Crippen LogP contribution is 2.43. The van der Waals surface area contributed by atoms with Gasteiger partial charge in [-0.15, -0.1) is 0 Å². The first kappa shape index (κ1) is 81.4. The molecule has 0 heterocycles. The average Bonchev–Trinajstić information content (AvgIpc) is 3.56. The van der Waals surface area contributed by atoms with Crippen LogP contribution in [0, 0.1) is 0 Å². The molecular weight excluding hydrogens is 1090 g/mol. The average molecular weight is 1210 g/mol. The predicted molar refractivity (Wildman–Crippen MR) is 371 cm³/mol. The van der Waals surface area contributed by atoms with Gasteiger partial charge in [-0.25, -0.2) is 4.57 Å². The number of carbonyl (C=O) groups is 2. The molecule has 2 atom stereocenters. The van der Waals surface area contributed by atoms with Crippen LogP contribution in [0.1, 0.15) is 245 Å². The van der Waals surface area contributed by atoms with E-state index in [2.05, 4.69) is 184 Å². The summed E-state index contributed by atoms with van der Waals surface area (Å²) in [5.74, 6) is -0.822. The summed E-state index contributed by atoms with van der Waals surface area (Å²) in [6.45, 7) is 4.18. The van der Waals surface area contributed by atoms with Crippen LogP contribution >= 0.6 is 7.82 Å². The fourth-order valence-corrected chi connectivity index (χ4v) is 9.36. The Kier molecular flexibility index (Phi) is 61.3. The SMILES string of the molecule is CC/C=C\C/C=C\C/C=C\C/C=C\C/C=C\C/C=C\C/C=C\C/C=C\CCCCCCCCCCCCC(=O)OC(COC(=O)CCCCCCCCCC/C=C\C/C=C\C/C=C\C/C=C\C/C=C\C/C=C\CC)COP(=O)(O)OCC[N+](C)(C)C. The van der Waals surface area contributed by atoms with Gasteiger partial charge in [-0.05, 0) is 128 Å². The van der Waals surface area contributed by atoms with Crippen LogP contribution in [-0.2, 0) is 32.7 Å². The molecule has 486 valence electrons. The minimum Gasteiger partial charge on any atom is -0.462 e. The summed E-state index contributed by atoms with van der Waals surface area (Å²) in [7, 11) is 1.45. The molecule has 0 bridgehead atoms. The minimum atomic E-state index is -4.41. The third kappa shape index (κ3) is 68.5. The van der Waals surface area contributed by atoms with Gasteiger partial charge in [0.05, 0.1) is 27.7 Å². The predicted octanol–water partition coefficient (Wildman–Crippen LogP) is 22.2. The van der Waals surface area contributed by atoms with Crippen LogP contribution in [0.25, 0.3) is 0 Å². The first-order chi connectivity index (χ1) is 42.0. The molecule has 0 aliphatic heterocycles. The molecular formula is C76H125NO8P+.